The molecular formula is C11H6S4. The van der Waals surface area contributed by atoms with Crippen molar-refractivity contribution in [3.05, 3.63) is 22.4 Å². The molecule has 0 bridgehead atoms. The Morgan fingerprint density at radius 3 is 2.67 bits per heavy atom. The lowest BCUT2D eigenvalue weighted by Crippen LogP contribution is -1.51. The van der Waals surface area contributed by atoms with Gasteiger partial charge in [0.1, 0.15) is 0 Å². The Labute approximate surface area is 102 Å². The van der Waals surface area contributed by atoms with E-state index in [-0.39, 0.29) is 0 Å². The second-order valence-corrected chi connectivity index (χ2v) is 8.27. The number of rotatable bonds is 0. The van der Waals surface area contributed by atoms with Crippen LogP contribution in [-0.2, 0) is 0 Å². The lowest BCUT2D eigenvalue weighted by Gasteiger charge is -1.76. The molecule has 4 aromatic rings. The van der Waals surface area contributed by atoms with Crippen LogP contribution in [0.2, 0.25) is 0 Å². The van der Waals surface area contributed by atoms with Crippen molar-refractivity contribution in [2.75, 3.05) is 0 Å². The first kappa shape index (κ1) is 8.70. The molecule has 4 rings (SSSR count). The Bertz CT molecular complexity index is 777. The molecule has 4 aromatic heterocycles. The van der Waals surface area contributed by atoms with E-state index in [1.54, 1.807) is 0 Å². The van der Waals surface area contributed by atoms with E-state index < -0.39 is 0 Å². The van der Waals surface area contributed by atoms with Gasteiger partial charge in [-0.05, 0) is 24.4 Å². The van der Waals surface area contributed by atoms with E-state index in [0.29, 0.717) is 0 Å². The summed E-state index contributed by atoms with van der Waals surface area (Å²) in [5, 5.41) is 5.14. The Balaban J connectivity index is 2.35. The standard InChI is InChI=1S/C11H6S4/c1-5-4-7-9-8(15-11(7)13-5)6-2-3-12-10(6)14-9/h2-4H,1H3. The first-order chi connectivity index (χ1) is 7.33. The summed E-state index contributed by atoms with van der Waals surface area (Å²) < 4.78 is 5.96. The third-order valence-corrected chi connectivity index (χ3v) is 7.32. The predicted molar refractivity (Wildman–Crippen MR) is 75.2 cm³/mol. The van der Waals surface area contributed by atoms with Gasteiger partial charge in [-0.2, -0.15) is 0 Å². The Hall–Kier alpha value is -0.420. The zero-order valence-electron chi connectivity index (χ0n) is 7.87. The van der Waals surface area contributed by atoms with Crippen molar-refractivity contribution in [2.24, 2.45) is 0 Å². The maximum Gasteiger partial charge on any atom is 0.0889 e. The van der Waals surface area contributed by atoms with Gasteiger partial charge in [0.15, 0.2) is 0 Å². The molecule has 4 heteroatoms. The highest BCUT2D eigenvalue weighted by Crippen LogP contribution is 2.48. The SMILES string of the molecule is Cc1cc2c(s1)sc1c3ccsc3sc21. The maximum atomic E-state index is 2.33. The van der Waals surface area contributed by atoms with Crippen LogP contribution in [0, 0.1) is 6.92 Å². The highest BCUT2D eigenvalue weighted by Gasteiger charge is 2.13. The summed E-state index contributed by atoms with van der Waals surface area (Å²) in [6, 6.07) is 4.59. The van der Waals surface area contributed by atoms with Gasteiger partial charge in [0.05, 0.1) is 17.4 Å². The fourth-order valence-corrected chi connectivity index (χ4v) is 7.07. The smallest absolute Gasteiger partial charge is 0.0889 e. The van der Waals surface area contributed by atoms with Crippen LogP contribution in [0.25, 0.3) is 28.2 Å². The molecule has 0 nitrogen and oxygen atoms in total. The van der Waals surface area contributed by atoms with Crippen molar-refractivity contribution in [3.63, 3.8) is 0 Å². The second-order valence-electron chi connectivity index (χ2n) is 3.54. The molecule has 74 valence electrons. The van der Waals surface area contributed by atoms with Gasteiger partial charge in [-0.1, -0.05) is 0 Å². The van der Waals surface area contributed by atoms with E-state index in [1.807, 2.05) is 45.3 Å². The van der Waals surface area contributed by atoms with Crippen molar-refractivity contribution < 1.29 is 0 Å². The van der Waals surface area contributed by atoms with Gasteiger partial charge in [0, 0.05) is 15.6 Å². The number of thiophene rings is 4. The molecule has 0 saturated carbocycles. The molecule has 0 aliphatic carbocycles. The van der Waals surface area contributed by atoms with Crippen LogP contribution in [0.1, 0.15) is 4.88 Å². The van der Waals surface area contributed by atoms with Crippen LogP contribution >= 0.6 is 45.3 Å². The van der Waals surface area contributed by atoms with Crippen LogP contribution in [0.5, 0.6) is 0 Å². The highest BCUT2D eigenvalue weighted by atomic mass is 32.2. The molecule has 0 spiro atoms. The average molecular weight is 266 g/mol. The van der Waals surface area contributed by atoms with Gasteiger partial charge in [0.25, 0.3) is 0 Å². The van der Waals surface area contributed by atoms with Gasteiger partial charge in [-0.15, -0.1) is 45.3 Å². The quantitative estimate of drug-likeness (QED) is 0.383. The fraction of sp³-hybridized carbons (Fsp3) is 0.0909. The zero-order chi connectivity index (χ0) is 9.99. The molecule has 0 aliphatic rings. The minimum atomic E-state index is 1.43. The molecule has 0 unspecified atom stereocenters. The van der Waals surface area contributed by atoms with E-state index >= 15 is 0 Å². The normalized spacial score (nSPS) is 12.3. The van der Waals surface area contributed by atoms with E-state index in [2.05, 4.69) is 24.4 Å². The zero-order valence-corrected chi connectivity index (χ0v) is 11.1. The molecule has 0 amide bonds. The second kappa shape index (κ2) is 2.83. The lowest BCUT2D eigenvalue weighted by atomic mass is 10.3. The monoisotopic (exact) mass is 266 g/mol. The average Bonchev–Trinajstić information content (AvgIpc) is 2.83. The summed E-state index contributed by atoms with van der Waals surface area (Å²) in [5.74, 6) is 0. The van der Waals surface area contributed by atoms with Gasteiger partial charge in [-0.25, -0.2) is 0 Å². The predicted octanol–water partition coefficient (Wildman–Crippen LogP) is 5.70. The summed E-state index contributed by atoms with van der Waals surface area (Å²) in [5.41, 5.74) is 0. The van der Waals surface area contributed by atoms with Crippen LogP contribution in [-0.4, -0.2) is 0 Å². The molecule has 0 aliphatic heterocycles. The minimum Gasteiger partial charge on any atom is -0.133 e. The largest absolute Gasteiger partial charge is 0.133 e. The van der Waals surface area contributed by atoms with Crippen molar-refractivity contribution >= 4 is 73.5 Å². The van der Waals surface area contributed by atoms with Crippen LogP contribution in [0.4, 0.5) is 0 Å². The third-order valence-electron chi connectivity index (χ3n) is 2.54. The van der Waals surface area contributed by atoms with E-state index in [1.165, 1.54) is 33.1 Å². The molecule has 0 radical (unpaired) electrons. The van der Waals surface area contributed by atoms with Crippen molar-refractivity contribution in [1.82, 2.24) is 0 Å². The first-order valence-electron chi connectivity index (χ1n) is 4.61. The molecule has 0 atom stereocenters. The highest BCUT2D eigenvalue weighted by molar-refractivity contribution is 7.49. The Kier molecular flexibility index (Phi) is 1.64. The summed E-state index contributed by atoms with van der Waals surface area (Å²) >= 11 is 7.70. The number of hydrogen-bond acceptors (Lipinski definition) is 4. The summed E-state index contributed by atoms with van der Waals surface area (Å²) in [6.45, 7) is 2.19. The third kappa shape index (κ3) is 1.05. The van der Waals surface area contributed by atoms with E-state index in [4.69, 9.17) is 0 Å². The van der Waals surface area contributed by atoms with Crippen LogP contribution < -0.4 is 0 Å². The molecule has 0 N–H and O–H groups in total. The number of aryl methyl sites for hydroxylation is 1. The topological polar surface area (TPSA) is 0 Å². The van der Waals surface area contributed by atoms with Crippen LogP contribution in [0.3, 0.4) is 0 Å². The van der Waals surface area contributed by atoms with Crippen molar-refractivity contribution in [2.45, 2.75) is 6.92 Å². The number of fused-ring (bicyclic) bond motifs is 5. The molecule has 4 heterocycles. The Morgan fingerprint density at radius 1 is 0.933 bits per heavy atom. The van der Waals surface area contributed by atoms with Gasteiger partial charge in [0.2, 0.25) is 0 Å². The summed E-state index contributed by atoms with van der Waals surface area (Å²) in [4.78, 5) is 1.43. The summed E-state index contributed by atoms with van der Waals surface area (Å²) in [6.07, 6.45) is 0. The van der Waals surface area contributed by atoms with Crippen LogP contribution in [0.15, 0.2) is 17.5 Å². The number of hydrogen-bond donors (Lipinski definition) is 0. The fourth-order valence-electron chi connectivity index (χ4n) is 1.90. The Morgan fingerprint density at radius 2 is 1.73 bits per heavy atom. The lowest BCUT2D eigenvalue weighted by molar-refractivity contribution is 1.66. The molecule has 0 fully saturated rings. The van der Waals surface area contributed by atoms with Crippen molar-refractivity contribution in [3.8, 4) is 0 Å². The van der Waals surface area contributed by atoms with Gasteiger partial charge < -0.3 is 0 Å². The first-order valence-corrected chi connectivity index (χ1v) is 7.94. The molecule has 0 saturated heterocycles. The minimum absolute atomic E-state index is 1.43. The van der Waals surface area contributed by atoms with Gasteiger partial charge in [-0.3, -0.25) is 0 Å². The van der Waals surface area contributed by atoms with Gasteiger partial charge >= 0.3 is 0 Å². The molecule has 15 heavy (non-hydrogen) atoms. The molecule has 0 aromatic carbocycles. The van der Waals surface area contributed by atoms with E-state index in [0.717, 1.165) is 0 Å². The maximum absolute atomic E-state index is 2.33. The summed E-state index contributed by atoms with van der Waals surface area (Å²) in [7, 11) is 0. The van der Waals surface area contributed by atoms with E-state index in [9.17, 15) is 0 Å². The van der Waals surface area contributed by atoms with Crippen molar-refractivity contribution in [1.29, 1.82) is 0 Å². The molecular weight excluding hydrogens is 260 g/mol.